The van der Waals surface area contributed by atoms with Gasteiger partial charge in [-0.25, -0.2) is 4.79 Å². The number of anilines is 2. The molecule has 1 aromatic heterocycles. The number of carboxylic acid groups (broad SMARTS) is 1. The van der Waals surface area contributed by atoms with Crippen LogP contribution in [0, 0.1) is 0 Å². The number of hydrogen-bond donors (Lipinski definition) is 1. The van der Waals surface area contributed by atoms with E-state index >= 15 is 0 Å². The SMILES string of the molecule is O=C(O)c1cccc(N2c3ccc4ccccc4c3CC2c2cccnc2)c1. The first-order valence-electron chi connectivity index (χ1n) is 9.25. The number of benzene rings is 3. The van der Waals surface area contributed by atoms with Crippen molar-refractivity contribution in [1.29, 1.82) is 0 Å². The maximum atomic E-state index is 11.5. The van der Waals surface area contributed by atoms with Crippen molar-refractivity contribution in [2.75, 3.05) is 4.90 Å². The lowest BCUT2D eigenvalue weighted by molar-refractivity contribution is 0.0697. The van der Waals surface area contributed by atoms with Gasteiger partial charge in [0.25, 0.3) is 0 Å². The molecule has 4 heteroatoms. The molecule has 1 atom stereocenters. The quantitative estimate of drug-likeness (QED) is 0.530. The van der Waals surface area contributed by atoms with Gasteiger partial charge in [0.15, 0.2) is 0 Å². The van der Waals surface area contributed by atoms with E-state index < -0.39 is 5.97 Å². The third kappa shape index (κ3) is 2.62. The summed E-state index contributed by atoms with van der Waals surface area (Å²) < 4.78 is 0. The second-order valence-electron chi connectivity index (χ2n) is 7.02. The van der Waals surface area contributed by atoms with E-state index in [0.717, 1.165) is 23.4 Å². The third-order valence-electron chi connectivity index (χ3n) is 5.43. The molecule has 4 aromatic rings. The molecule has 136 valence electrons. The van der Waals surface area contributed by atoms with Crippen LogP contribution >= 0.6 is 0 Å². The Morgan fingerprint density at radius 1 is 1.00 bits per heavy atom. The molecule has 1 aliphatic heterocycles. The van der Waals surface area contributed by atoms with Gasteiger partial charge in [0.05, 0.1) is 11.6 Å². The molecule has 0 amide bonds. The highest BCUT2D eigenvalue weighted by atomic mass is 16.4. The summed E-state index contributed by atoms with van der Waals surface area (Å²) in [5, 5.41) is 11.9. The summed E-state index contributed by atoms with van der Waals surface area (Å²) in [5.41, 5.74) is 4.69. The van der Waals surface area contributed by atoms with Crippen LogP contribution in [-0.2, 0) is 6.42 Å². The molecule has 1 unspecified atom stereocenters. The van der Waals surface area contributed by atoms with Crippen molar-refractivity contribution in [1.82, 2.24) is 4.98 Å². The number of carbonyl (C=O) groups is 1. The van der Waals surface area contributed by atoms with Crippen LogP contribution in [0.5, 0.6) is 0 Å². The molecule has 0 saturated heterocycles. The van der Waals surface area contributed by atoms with E-state index in [2.05, 4.69) is 52.3 Å². The first-order chi connectivity index (χ1) is 13.7. The Bertz CT molecular complexity index is 1190. The van der Waals surface area contributed by atoms with E-state index in [1.54, 1.807) is 24.4 Å². The Hall–Kier alpha value is -3.66. The maximum absolute atomic E-state index is 11.5. The minimum atomic E-state index is -0.919. The predicted octanol–water partition coefficient (Wildman–Crippen LogP) is 5.37. The Kier molecular flexibility index (Phi) is 3.83. The van der Waals surface area contributed by atoms with Gasteiger partial charge in [-0.05, 0) is 52.2 Å². The van der Waals surface area contributed by atoms with Crippen LogP contribution in [-0.4, -0.2) is 16.1 Å². The lowest BCUT2D eigenvalue weighted by Gasteiger charge is -2.28. The van der Waals surface area contributed by atoms with Gasteiger partial charge in [-0.15, -0.1) is 0 Å². The fraction of sp³-hybridized carbons (Fsp3) is 0.0833. The zero-order valence-electron chi connectivity index (χ0n) is 15.1. The molecule has 0 bridgehead atoms. The fourth-order valence-corrected chi connectivity index (χ4v) is 4.17. The van der Waals surface area contributed by atoms with E-state index in [0.29, 0.717) is 0 Å². The lowest BCUT2D eigenvalue weighted by Crippen LogP contribution is -2.20. The summed E-state index contributed by atoms with van der Waals surface area (Å²) in [5.74, 6) is -0.919. The minimum Gasteiger partial charge on any atom is -0.478 e. The van der Waals surface area contributed by atoms with Crippen molar-refractivity contribution in [2.24, 2.45) is 0 Å². The van der Waals surface area contributed by atoms with Crippen LogP contribution in [0.2, 0.25) is 0 Å². The number of carboxylic acids is 1. The zero-order chi connectivity index (χ0) is 19.1. The molecule has 28 heavy (non-hydrogen) atoms. The Labute approximate surface area is 162 Å². The van der Waals surface area contributed by atoms with E-state index in [9.17, 15) is 9.90 Å². The van der Waals surface area contributed by atoms with Crippen LogP contribution in [0.3, 0.4) is 0 Å². The summed E-state index contributed by atoms with van der Waals surface area (Å²) >= 11 is 0. The summed E-state index contributed by atoms with van der Waals surface area (Å²) in [6, 6.07) is 23.9. The molecule has 2 heterocycles. The fourth-order valence-electron chi connectivity index (χ4n) is 4.17. The second-order valence-corrected chi connectivity index (χ2v) is 7.02. The van der Waals surface area contributed by atoms with Gasteiger partial charge in [-0.1, -0.05) is 42.5 Å². The highest BCUT2D eigenvalue weighted by molar-refractivity contribution is 5.94. The van der Waals surface area contributed by atoms with Gasteiger partial charge in [0.1, 0.15) is 0 Å². The Balaban J connectivity index is 1.73. The largest absolute Gasteiger partial charge is 0.478 e. The first kappa shape index (κ1) is 16.5. The third-order valence-corrected chi connectivity index (χ3v) is 5.43. The highest BCUT2D eigenvalue weighted by Gasteiger charge is 2.33. The van der Waals surface area contributed by atoms with Gasteiger partial charge in [0.2, 0.25) is 0 Å². The van der Waals surface area contributed by atoms with Crippen molar-refractivity contribution in [3.05, 3.63) is 102 Å². The molecule has 1 N–H and O–H groups in total. The normalized spacial score (nSPS) is 15.6. The molecule has 0 spiro atoms. The average molecular weight is 366 g/mol. The second kappa shape index (κ2) is 6.50. The molecule has 0 aliphatic carbocycles. The summed E-state index contributed by atoms with van der Waals surface area (Å²) in [6.45, 7) is 0. The van der Waals surface area contributed by atoms with E-state index in [4.69, 9.17) is 0 Å². The van der Waals surface area contributed by atoms with Gasteiger partial charge in [-0.2, -0.15) is 0 Å². The van der Waals surface area contributed by atoms with Crippen molar-refractivity contribution >= 4 is 28.1 Å². The molecule has 0 fully saturated rings. The molecule has 0 saturated carbocycles. The summed E-state index contributed by atoms with van der Waals surface area (Å²) in [6.07, 6.45) is 4.52. The number of aromatic carboxylic acids is 1. The van der Waals surface area contributed by atoms with Gasteiger partial charge in [-0.3, -0.25) is 4.98 Å². The van der Waals surface area contributed by atoms with Crippen LogP contribution in [0.25, 0.3) is 10.8 Å². The zero-order valence-corrected chi connectivity index (χ0v) is 15.1. The van der Waals surface area contributed by atoms with E-state index in [-0.39, 0.29) is 11.6 Å². The number of aromatic nitrogens is 1. The lowest BCUT2D eigenvalue weighted by atomic mass is 9.99. The molecule has 3 aromatic carbocycles. The topological polar surface area (TPSA) is 53.4 Å². The van der Waals surface area contributed by atoms with Crippen LogP contribution in [0.1, 0.15) is 27.5 Å². The van der Waals surface area contributed by atoms with E-state index in [1.165, 1.54) is 16.3 Å². The highest BCUT2D eigenvalue weighted by Crippen LogP contribution is 2.47. The van der Waals surface area contributed by atoms with Crippen LogP contribution < -0.4 is 4.90 Å². The minimum absolute atomic E-state index is 0.0681. The smallest absolute Gasteiger partial charge is 0.335 e. The Morgan fingerprint density at radius 2 is 1.89 bits per heavy atom. The van der Waals surface area contributed by atoms with Crippen molar-refractivity contribution in [3.8, 4) is 0 Å². The van der Waals surface area contributed by atoms with Gasteiger partial charge < -0.3 is 10.0 Å². The average Bonchev–Trinajstić information content (AvgIpc) is 3.14. The van der Waals surface area contributed by atoms with Gasteiger partial charge >= 0.3 is 5.97 Å². The standard InChI is InChI=1S/C24H18N2O2/c27-24(28)17-6-3-8-19(13-17)26-22-11-10-16-5-1-2-9-20(16)21(22)14-23(26)18-7-4-12-25-15-18/h1-13,15,23H,14H2,(H,27,28). The van der Waals surface area contributed by atoms with Crippen molar-refractivity contribution in [3.63, 3.8) is 0 Å². The molecular formula is C24H18N2O2. The molecule has 1 aliphatic rings. The van der Waals surface area contributed by atoms with E-state index in [1.807, 2.05) is 18.3 Å². The van der Waals surface area contributed by atoms with Gasteiger partial charge in [0, 0.05) is 30.2 Å². The summed E-state index contributed by atoms with van der Waals surface area (Å²) in [4.78, 5) is 18.1. The molecule has 0 radical (unpaired) electrons. The number of pyridine rings is 1. The number of fused-ring (bicyclic) bond motifs is 3. The predicted molar refractivity (Wildman–Crippen MR) is 110 cm³/mol. The monoisotopic (exact) mass is 366 g/mol. The number of rotatable bonds is 3. The Morgan fingerprint density at radius 3 is 2.71 bits per heavy atom. The van der Waals surface area contributed by atoms with Crippen LogP contribution in [0.4, 0.5) is 11.4 Å². The molecule has 4 nitrogen and oxygen atoms in total. The molecular weight excluding hydrogens is 348 g/mol. The number of nitrogens with zero attached hydrogens (tertiary/aromatic N) is 2. The maximum Gasteiger partial charge on any atom is 0.335 e. The van der Waals surface area contributed by atoms with Crippen LogP contribution in [0.15, 0.2) is 85.2 Å². The van der Waals surface area contributed by atoms with Crippen molar-refractivity contribution < 1.29 is 9.90 Å². The summed E-state index contributed by atoms with van der Waals surface area (Å²) in [7, 11) is 0. The first-order valence-corrected chi connectivity index (χ1v) is 9.25. The van der Waals surface area contributed by atoms with Crippen molar-refractivity contribution in [2.45, 2.75) is 12.5 Å². The molecule has 5 rings (SSSR count). The number of hydrogen-bond acceptors (Lipinski definition) is 3.